The Bertz CT molecular complexity index is 266. The molecule has 0 saturated heterocycles. The van der Waals surface area contributed by atoms with Crippen LogP contribution in [0, 0.1) is 17.8 Å². The van der Waals surface area contributed by atoms with Gasteiger partial charge in [0.2, 0.25) is 0 Å². The minimum atomic E-state index is -1.30. The van der Waals surface area contributed by atoms with Crippen LogP contribution in [-0.4, -0.2) is 20.9 Å². The van der Waals surface area contributed by atoms with E-state index in [1.807, 2.05) is 0 Å². The molecule has 5 heteroatoms. The summed E-state index contributed by atoms with van der Waals surface area (Å²) in [7, 11) is -1.30. The zero-order valence-electron chi connectivity index (χ0n) is 9.35. The molecule has 0 radical (unpaired) electrons. The van der Waals surface area contributed by atoms with Crippen molar-refractivity contribution in [1.82, 2.24) is 0 Å². The van der Waals surface area contributed by atoms with Gasteiger partial charge >= 0.3 is 0 Å². The maximum atomic E-state index is 10.9. The van der Waals surface area contributed by atoms with E-state index < -0.39 is 11.0 Å². The Kier molecular flexibility index (Phi) is 4.73. The van der Waals surface area contributed by atoms with Crippen molar-refractivity contribution in [2.45, 2.75) is 33.1 Å². The standard InChI is InChI=1S/C10H20N2O2S/c1-7(2)8-3-4-9(6-15(11)14)10(5-8)12-13/h7-9,13H,3-6,11H2,1-2H3/b12-10+. The third kappa shape index (κ3) is 3.57. The van der Waals surface area contributed by atoms with Crippen molar-refractivity contribution in [3.05, 3.63) is 0 Å². The van der Waals surface area contributed by atoms with Gasteiger partial charge in [-0.15, -0.1) is 0 Å². The summed E-state index contributed by atoms with van der Waals surface area (Å²) in [5.41, 5.74) is 0.777. The fraction of sp³-hybridized carbons (Fsp3) is 0.900. The van der Waals surface area contributed by atoms with Gasteiger partial charge in [-0.1, -0.05) is 19.0 Å². The van der Waals surface area contributed by atoms with Crippen LogP contribution >= 0.6 is 0 Å². The van der Waals surface area contributed by atoms with Gasteiger partial charge in [0.05, 0.1) is 16.7 Å². The van der Waals surface area contributed by atoms with Gasteiger partial charge in [-0.25, -0.2) is 4.21 Å². The van der Waals surface area contributed by atoms with Crippen LogP contribution in [-0.2, 0) is 11.0 Å². The highest BCUT2D eigenvalue weighted by atomic mass is 32.2. The van der Waals surface area contributed by atoms with E-state index in [1.165, 1.54) is 0 Å². The van der Waals surface area contributed by atoms with E-state index in [-0.39, 0.29) is 5.92 Å². The molecule has 3 unspecified atom stereocenters. The van der Waals surface area contributed by atoms with Crippen molar-refractivity contribution >= 4 is 16.7 Å². The molecular formula is C10H20N2O2S. The highest BCUT2D eigenvalue weighted by Crippen LogP contribution is 2.31. The highest BCUT2D eigenvalue weighted by molar-refractivity contribution is 7.82. The first-order chi connectivity index (χ1) is 7.04. The molecule has 1 rings (SSSR count). The lowest BCUT2D eigenvalue weighted by atomic mass is 9.76. The van der Waals surface area contributed by atoms with Crippen LogP contribution in [0.3, 0.4) is 0 Å². The van der Waals surface area contributed by atoms with Crippen molar-refractivity contribution < 1.29 is 9.42 Å². The molecule has 0 bridgehead atoms. The fourth-order valence-corrected chi connectivity index (χ4v) is 2.94. The summed E-state index contributed by atoms with van der Waals surface area (Å²) >= 11 is 0. The quantitative estimate of drug-likeness (QED) is 0.571. The average Bonchev–Trinajstić information content (AvgIpc) is 2.17. The first-order valence-corrected chi connectivity index (χ1v) is 6.76. The Morgan fingerprint density at radius 2 is 2.27 bits per heavy atom. The second-order valence-corrected chi connectivity index (χ2v) is 5.72. The molecule has 0 heterocycles. The van der Waals surface area contributed by atoms with Gasteiger partial charge in [-0.2, -0.15) is 0 Å². The van der Waals surface area contributed by atoms with Crippen LogP contribution in [0.2, 0.25) is 0 Å². The summed E-state index contributed by atoms with van der Waals surface area (Å²) in [4.78, 5) is 0. The van der Waals surface area contributed by atoms with E-state index in [0.717, 1.165) is 25.0 Å². The van der Waals surface area contributed by atoms with Crippen LogP contribution < -0.4 is 5.14 Å². The smallest absolute Gasteiger partial charge is 0.0894 e. The number of hydrogen-bond acceptors (Lipinski definition) is 3. The Balaban J connectivity index is 2.61. The van der Waals surface area contributed by atoms with Crippen molar-refractivity contribution in [1.29, 1.82) is 0 Å². The lowest BCUT2D eigenvalue weighted by Gasteiger charge is -2.31. The molecule has 3 atom stereocenters. The molecule has 1 saturated carbocycles. The summed E-state index contributed by atoms with van der Waals surface area (Å²) in [6.07, 6.45) is 2.86. The molecule has 0 aromatic carbocycles. The first kappa shape index (κ1) is 12.6. The van der Waals surface area contributed by atoms with Crippen molar-refractivity contribution in [2.24, 2.45) is 28.0 Å². The summed E-state index contributed by atoms with van der Waals surface area (Å²) < 4.78 is 10.9. The second-order valence-electron chi connectivity index (χ2n) is 4.62. The van der Waals surface area contributed by atoms with E-state index in [9.17, 15) is 4.21 Å². The zero-order chi connectivity index (χ0) is 11.4. The summed E-state index contributed by atoms with van der Waals surface area (Å²) in [5.74, 6) is 1.71. The largest absolute Gasteiger partial charge is 0.411 e. The normalized spacial score (nSPS) is 32.1. The average molecular weight is 232 g/mol. The molecule has 0 spiro atoms. The number of rotatable bonds is 3. The summed E-state index contributed by atoms with van der Waals surface area (Å²) in [6, 6.07) is 0. The highest BCUT2D eigenvalue weighted by Gasteiger charge is 2.29. The molecule has 88 valence electrons. The molecule has 1 fully saturated rings. The van der Waals surface area contributed by atoms with Crippen LogP contribution in [0.4, 0.5) is 0 Å². The minimum absolute atomic E-state index is 0.107. The third-order valence-corrected chi connectivity index (χ3v) is 4.00. The molecule has 0 aromatic heterocycles. The maximum absolute atomic E-state index is 10.9. The van der Waals surface area contributed by atoms with Gasteiger partial charge in [0.25, 0.3) is 0 Å². The summed E-state index contributed by atoms with van der Waals surface area (Å²) in [6.45, 7) is 4.36. The predicted molar refractivity (Wildman–Crippen MR) is 62.1 cm³/mol. The Morgan fingerprint density at radius 3 is 2.73 bits per heavy atom. The van der Waals surface area contributed by atoms with Gasteiger partial charge in [-0.05, 0) is 31.1 Å². The number of nitrogens with two attached hydrogens (primary N) is 1. The van der Waals surface area contributed by atoms with E-state index in [0.29, 0.717) is 17.6 Å². The van der Waals surface area contributed by atoms with Gasteiger partial charge in [0.1, 0.15) is 0 Å². The van der Waals surface area contributed by atoms with Crippen LogP contribution in [0.1, 0.15) is 33.1 Å². The summed E-state index contributed by atoms with van der Waals surface area (Å²) in [5, 5.41) is 17.5. The van der Waals surface area contributed by atoms with E-state index in [4.69, 9.17) is 10.3 Å². The van der Waals surface area contributed by atoms with Crippen LogP contribution in [0.15, 0.2) is 5.16 Å². The number of nitrogens with zero attached hydrogens (tertiary/aromatic N) is 1. The second kappa shape index (κ2) is 5.61. The maximum Gasteiger partial charge on any atom is 0.0894 e. The molecule has 1 aliphatic rings. The zero-order valence-corrected chi connectivity index (χ0v) is 10.2. The number of oxime groups is 1. The molecule has 4 nitrogen and oxygen atoms in total. The minimum Gasteiger partial charge on any atom is -0.411 e. The SMILES string of the molecule is CC(C)C1CCC(CS(N)=O)/C(=N/O)C1. The molecule has 0 aliphatic heterocycles. The van der Waals surface area contributed by atoms with Crippen LogP contribution in [0.25, 0.3) is 0 Å². The molecule has 1 aliphatic carbocycles. The topological polar surface area (TPSA) is 75.7 Å². The Hall–Kier alpha value is -0.420. The van der Waals surface area contributed by atoms with Gasteiger partial charge in [0.15, 0.2) is 0 Å². The van der Waals surface area contributed by atoms with Crippen LogP contribution in [0.5, 0.6) is 0 Å². The van der Waals surface area contributed by atoms with Gasteiger partial charge < -0.3 is 5.21 Å². The molecule has 15 heavy (non-hydrogen) atoms. The molecule has 3 N–H and O–H groups in total. The van der Waals surface area contributed by atoms with Crippen molar-refractivity contribution in [3.63, 3.8) is 0 Å². The third-order valence-electron chi connectivity index (χ3n) is 3.27. The predicted octanol–water partition coefficient (Wildman–Crippen LogP) is 1.51. The Morgan fingerprint density at radius 1 is 1.60 bits per heavy atom. The van der Waals surface area contributed by atoms with E-state index in [1.54, 1.807) is 0 Å². The van der Waals surface area contributed by atoms with Crippen molar-refractivity contribution in [2.75, 3.05) is 5.75 Å². The molecule has 0 amide bonds. The molecular weight excluding hydrogens is 212 g/mol. The molecule has 0 aromatic rings. The van der Waals surface area contributed by atoms with E-state index in [2.05, 4.69) is 19.0 Å². The number of hydrogen-bond donors (Lipinski definition) is 2. The first-order valence-electron chi connectivity index (χ1n) is 5.38. The van der Waals surface area contributed by atoms with Gasteiger partial charge in [-0.3, -0.25) is 5.14 Å². The van der Waals surface area contributed by atoms with Crippen molar-refractivity contribution in [3.8, 4) is 0 Å². The lowest BCUT2D eigenvalue weighted by molar-refractivity contribution is 0.285. The van der Waals surface area contributed by atoms with E-state index >= 15 is 0 Å². The van der Waals surface area contributed by atoms with Gasteiger partial charge in [0, 0.05) is 11.7 Å². The lowest BCUT2D eigenvalue weighted by Crippen LogP contribution is -2.32. The Labute approximate surface area is 93.5 Å². The monoisotopic (exact) mass is 232 g/mol. The fourth-order valence-electron chi connectivity index (χ4n) is 2.19.